The molecule has 0 bridgehead atoms. The fourth-order valence-electron chi connectivity index (χ4n) is 1.75. The van der Waals surface area contributed by atoms with Gasteiger partial charge in [-0.05, 0) is 19.1 Å². The van der Waals surface area contributed by atoms with Crippen LogP contribution in [0.3, 0.4) is 0 Å². The lowest BCUT2D eigenvalue weighted by Gasteiger charge is -2.21. The Morgan fingerprint density at radius 3 is 2.44 bits per heavy atom. The summed E-state index contributed by atoms with van der Waals surface area (Å²) in [6, 6.07) is 1.48. The Hall–Kier alpha value is -1.30. The van der Waals surface area contributed by atoms with Crippen LogP contribution in [0.15, 0.2) is 17.0 Å². The molecule has 0 spiro atoms. The summed E-state index contributed by atoms with van der Waals surface area (Å²) in [6.45, 7) is 1.31. The molecule has 0 amide bonds. The van der Waals surface area contributed by atoms with E-state index in [4.69, 9.17) is 0 Å². The van der Waals surface area contributed by atoms with Crippen LogP contribution >= 0.6 is 0 Å². The first-order valence-corrected chi connectivity index (χ1v) is 6.15. The summed E-state index contributed by atoms with van der Waals surface area (Å²) in [5, 5.41) is -1.01. The number of halogens is 2. The van der Waals surface area contributed by atoms with Crippen molar-refractivity contribution in [1.29, 1.82) is 0 Å². The predicted molar refractivity (Wildman–Crippen MR) is 52.0 cm³/mol. The number of Topliss-reactive ketones (excluding diaryl/α,β-unsaturated/α-hetero) is 1. The lowest BCUT2D eigenvalue weighted by atomic mass is 10.1. The van der Waals surface area contributed by atoms with Gasteiger partial charge in [0.2, 0.25) is 0 Å². The molecule has 1 atom stereocenters. The van der Waals surface area contributed by atoms with Gasteiger partial charge in [0.05, 0.1) is 10.8 Å². The van der Waals surface area contributed by atoms with Crippen molar-refractivity contribution in [3.63, 3.8) is 0 Å². The van der Waals surface area contributed by atoms with Crippen LogP contribution < -0.4 is 0 Å². The van der Waals surface area contributed by atoms with Gasteiger partial charge in [-0.1, -0.05) is 0 Å². The van der Waals surface area contributed by atoms with E-state index >= 15 is 0 Å². The molecule has 3 nitrogen and oxygen atoms in total. The minimum absolute atomic E-state index is 0.310. The largest absolute Gasteiger partial charge is 0.294 e. The molecule has 86 valence electrons. The van der Waals surface area contributed by atoms with Crippen LogP contribution in [0.4, 0.5) is 8.78 Å². The van der Waals surface area contributed by atoms with Crippen LogP contribution in [0.5, 0.6) is 0 Å². The molecule has 1 unspecified atom stereocenters. The summed E-state index contributed by atoms with van der Waals surface area (Å²) in [6.07, 6.45) is -0.310. The fraction of sp³-hybridized carbons (Fsp3) is 0.300. The van der Waals surface area contributed by atoms with E-state index in [9.17, 15) is 22.0 Å². The molecule has 16 heavy (non-hydrogen) atoms. The molecular formula is C10H8F2O3S. The average molecular weight is 246 g/mol. The van der Waals surface area contributed by atoms with Crippen LogP contribution in [-0.4, -0.2) is 19.5 Å². The third-order valence-corrected chi connectivity index (χ3v) is 4.82. The molecule has 0 fully saturated rings. The number of ketones is 1. The summed E-state index contributed by atoms with van der Waals surface area (Å²) in [5.74, 6) is -2.73. The maximum absolute atomic E-state index is 13.4. The highest BCUT2D eigenvalue weighted by Gasteiger charge is 2.39. The van der Waals surface area contributed by atoms with Crippen molar-refractivity contribution >= 4 is 15.6 Å². The zero-order valence-corrected chi connectivity index (χ0v) is 9.14. The third-order valence-electron chi connectivity index (χ3n) is 2.62. The summed E-state index contributed by atoms with van der Waals surface area (Å²) >= 11 is 0. The molecule has 0 saturated heterocycles. The molecule has 1 aliphatic heterocycles. The topological polar surface area (TPSA) is 51.2 Å². The SMILES string of the molecule is CC1CC(=O)c2c(F)ccc(F)c2S1(=O)=O. The van der Waals surface area contributed by atoms with Gasteiger partial charge in [0.15, 0.2) is 15.6 Å². The number of carbonyl (C=O) groups is 1. The molecule has 1 aromatic rings. The second-order valence-corrected chi connectivity index (χ2v) is 6.02. The highest BCUT2D eigenvalue weighted by molar-refractivity contribution is 7.92. The first kappa shape index (κ1) is 11.2. The predicted octanol–water partition coefficient (Wildman–Crippen LogP) is 1.71. The lowest BCUT2D eigenvalue weighted by Crippen LogP contribution is -2.31. The molecule has 0 saturated carbocycles. The highest BCUT2D eigenvalue weighted by atomic mass is 32.2. The van der Waals surface area contributed by atoms with E-state index in [1.54, 1.807) is 0 Å². The number of sulfone groups is 1. The molecule has 1 aliphatic rings. The van der Waals surface area contributed by atoms with Crippen molar-refractivity contribution < 1.29 is 22.0 Å². The average Bonchev–Trinajstić information content (AvgIpc) is 2.18. The Bertz CT molecular complexity index is 578. The van der Waals surface area contributed by atoms with E-state index in [0.29, 0.717) is 0 Å². The number of fused-ring (bicyclic) bond motifs is 1. The van der Waals surface area contributed by atoms with E-state index in [-0.39, 0.29) is 6.42 Å². The molecule has 0 aromatic heterocycles. The van der Waals surface area contributed by atoms with Crippen molar-refractivity contribution in [1.82, 2.24) is 0 Å². The first-order chi connectivity index (χ1) is 7.35. The Morgan fingerprint density at radius 1 is 1.25 bits per heavy atom. The van der Waals surface area contributed by atoms with Crippen LogP contribution in [0.1, 0.15) is 23.7 Å². The number of hydrogen-bond donors (Lipinski definition) is 0. The molecular weight excluding hydrogens is 238 g/mol. The van der Waals surface area contributed by atoms with E-state index in [1.165, 1.54) is 6.92 Å². The minimum Gasteiger partial charge on any atom is -0.294 e. The summed E-state index contributed by atoms with van der Waals surface area (Å²) < 4.78 is 50.2. The molecule has 0 aliphatic carbocycles. The van der Waals surface area contributed by atoms with E-state index in [1.807, 2.05) is 0 Å². The Balaban J connectivity index is 2.90. The van der Waals surface area contributed by atoms with Gasteiger partial charge in [-0.3, -0.25) is 4.79 Å². The third kappa shape index (κ3) is 1.36. The van der Waals surface area contributed by atoms with Gasteiger partial charge in [0.1, 0.15) is 16.5 Å². The maximum Gasteiger partial charge on any atom is 0.185 e. The number of hydrogen-bond acceptors (Lipinski definition) is 3. The van der Waals surface area contributed by atoms with Crippen LogP contribution in [-0.2, 0) is 9.84 Å². The minimum atomic E-state index is -3.94. The Labute approximate surface area is 91.0 Å². The van der Waals surface area contributed by atoms with Gasteiger partial charge in [-0.25, -0.2) is 17.2 Å². The van der Waals surface area contributed by atoms with Crippen molar-refractivity contribution in [3.05, 3.63) is 29.3 Å². The monoisotopic (exact) mass is 246 g/mol. The molecule has 2 rings (SSSR count). The second-order valence-electron chi connectivity index (χ2n) is 3.72. The van der Waals surface area contributed by atoms with E-state index in [0.717, 1.165) is 12.1 Å². The van der Waals surface area contributed by atoms with Gasteiger partial charge < -0.3 is 0 Å². The molecule has 1 heterocycles. The van der Waals surface area contributed by atoms with Crippen LogP contribution in [0, 0.1) is 11.6 Å². The Morgan fingerprint density at radius 2 is 1.81 bits per heavy atom. The normalized spacial score (nSPS) is 22.9. The van der Waals surface area contributed by atoms with Crippen LogP contribution in [0.25, 0.3) is 0 Å². The van der Waals surface area contributed by atoms with Crippen molar-refractivity contribution in [2.75, 3.05) is 0 Å². The van der Waals surface area contributed by atoms with Crippen molar-refractivity contribution in [2.24, 2.45) is 0 Å². The maximum atomic E-state index is 13.4. The smallest absolute Gasteiger partial charge is 0.185 e. The first-order valence-electron chi connectivity index (χ1n) is 4.61. The van der Waals surface area contributed by atoms with Gasteiger partial charge in [0.25, 0.3) is 0 Å². The zero-order valence-electron chi connectivity index (χ0n) is 8.33. The summed E-state index contributed by atoms with van der Waals surface area (Å²) in [4.78, 5) is 10.7. The zero-order chi connectivity index (χ0) is 12.1. The molecule has 1 aromatic carbocycles. The quantitative estimate of drug-likeness (QED) is 0.700. The van der Waals surface area contributed by atoms with Gasteiger partial charge in [-0.15, -0.1) is 0 Å². The van der Waals surface area contributed by atoms with Crippen molar-refractivity contribution in [3.8, 4) is 0 Å². The summed E-state index contributed by atoms with van der Waals surface area (Å²) in [7, 11) is -3.94. The summed E-state index contributed by atoms with van der Waals surface area (Å²) in [5.41, 5.74) is -0.641. The Kier molecular flexibility index (Phi) is 2.34. The highest BCUT2D eigenvalue weighted by Crippen LogP contribution is 2.33. The van der Waals surface area contributed by atoms with E-state index in [2.05, 4.69) is 0 Å². The molecule has 0 radical (unpaired) electrons. The second kappa shape index (κ2) is 3.35. The number of rotatable bonds is 0. The van der Waals surface area contributed by atoms with Crippen molar-refractivity contribution in [2.45, 2.75) is 23.5 Å². The lowest BCUT2D eigenvalue weighted by molar-refractivity contribution is 0.0970. The molecule has 6 heteroatoms. The fourth-order valence-corrected chi connectivity index (χ4v) is 3.35. The van der Waals surface area contributed by atoms with Gasteiger partial charge in [-0.2, -0.15) is 0 Å². The number of benzene rings is 1. The van der Waals surface area contributed by atoms with Crippen LogP contribution in [0.2, 0.25) is 0 Å². The van der Waals surface area contributed by atoms with E-state index < -0.39 is 43.0 Å². The van der Waals surface area contributed by atoms with Gasteiger partial charge >= 0.3 is 0 Å². The number of carbonyl (C=O) groups excluding carboxylic acids is 1. The standard InChI is InChI=1S/C10H8F2O3S/c1-5-4-8(13)9-6(11)2-3-7(12)10(9)16(5,14)15/h2-3,5H,4H2,1H3. The van der Waals surface area contributed by atoms with Gasteiger partial charge in [0, 0.05) is 6.42 Å². The molecule has 0 N–H and O–H groups in total.